The molecule has 2 aromatic rings. The molecule has 2 aromatic heterocycles. The van der Waals surface area contributed by atoms with Gasteiger partial charge in [-0.05, 0) is 58.5 Å². The lowest BCUT2D eigenvalue weighted by Crippen LogP contribution is -2.60. The van der Waals surface area contributed by atoms with E-state index >= 15 is 0 Å². The molecule has 0 aliphatic carbocycles. The molecular weight excluding hydrogens is 579 g/mol. The number of thiazole rings is 1. The van der Waals surface area contributed by atoms with Gasteiger partial charge in [0.2, 0.25) is 12.3 Å². The predicted molar refractivity (Wildman–Crippen MR) is 159 cm³/mol. The third-order valence-corrected chi connectivity index (χ3v) is 7.16. The molecule has 3 rings (SSSR count). The highest BCUT2D eigenvalue weighted by molar-refractivity contribution is 8.02. The van der Waals surface area contributed by atoms with Gasteiger partial charge in [-0.25, -0.2) is 9.97 Å². The first kappa shape index (κ1) is 35.7. The fourth-order valence-corrected chi connectivity index (χ4v) is 5.08. The smallest absolute Gasteiger partial charge is 0.361 e. The highest BCUT2D eigenvalue weighted by Crippen LogP contribution is 2.29. The number of aldehydes is 1. The number of hydrogen-bond acceptors (Lipinski definition) is 10. The molecule has 1 aliphatic rings. The number of halogens is 3. The number of pyridine rings is 1. The molecule has 41 heavy (non-hydrogen) atoms. The van der Waals surface area contributed by atoms with Crippen LogP contribution in [0.4, 0.5) is 19.0 Å². The van der Waals surface area contributed by atoms with Crippen LogP contribution in [0.1, 0.15) is 28.1 Å². The lowest BCUT2D eigenvalue weighted by Gasteiger charge is -2.40. The molecule has 0 aromatic carbocycles. The van der Waals surface area contributed by atoms with E-state index in [1.807, 2.05) is 44.5 Å². The second kappa shape index (κ2) is 18.2. The van der Waals surface area contributed by atoms with E-state index in [1.165, 1.54) is 6.92 Å². The zero-order chi connectivity index (χ0) is 31.0. The number of amides is 2. The van der Waals surface area contributed by atoms with Crippen molar-refractivity contribution in [3.05, 3.63) is 44.9 Å². The summed E-state index contributed by atoms with van der Waals surface area (Å²) >= 11 is 3.27. The van der Waals surface area contributed by atoms with E-state index < -0.39 is 24.7 Å². The number of carbonyl (C=O) groups is 3. The Kier molecular flexibility index (Phi) is 15.9. The third kappa shape index (κ3) is 12.4. The van der Waals surface area contributed by atoms with Crippen LogP contribution < -0.4 is 10.6 Å². The Bertz CT molecular complexity index is 1160. The Hall–Kier alpha value is -3.30. The van der Waals surface area contributed by atoms with Crippen molar-refractivity contribution in [3.63, 3.8) is 0 Å². The topological polar surface area (TPSA) is 120 Å². The van der Waals surface area contributed by atoms with Crippen molar-refractivity contribution in [2.24, 2.45) is 4.99 Å². The molecule has 226 valence electrons. The minimum Gasteiger partial charge on any atom is -0.361 e. The van der Waals surface area contributed by atoms with E-state index in [9.17, 15) is 22.8 Å². The molecular formula is C26H36F3N7O3S2. The number of likely N-dealkylation sites (N-methyl/N-ethyl adjacent to an activating group) is 1. The Labute approximate surface area is 246 Å². The molecule has 15 heteroatoms. The van der Waals surface area contributed by atoms with Gasteiger partial charge in [0.05, 0.1) is 40.2 Å². The van der Waals surface area contributed by atoms with Gasteiger partial charge in [-0.2, -0.15) is 13.2 Å². The molecule has 3 heterocycles. The van der Waals surface area contributed by atoms with Crippen molar-refractivity contribution in [2.45, 2.75) is 39.9 Å². The molecule has 1 atom stereocenters. The number of aromatic nitrogens is 2. The molecule has 0 bridgehead atoms. The lowest BCUT2D eigenvalue weighted by atomic mass is 10.1. The maximum absolute atomic E-state index is 12.6. The van der Waals surface area contributed by atoms with Gasteiger partial charge in [-0.3, -0.25) is 14.6 Å². The highest BCUT2D eigenvalue weighted by Gasteiger charge is 2.46. The van der Waals surface area contributed by atoms with Gasteiger partial charge < -0.3 is 25.2 Å². The molecule has 1 unspecified atom stereocenters. The molecule has 2 amide bonds. The number of hydrogen-bond donors (Lipinski definition) is 2. The molecule has 0 saturated carbocycles. The molecule has 0 radical (unpaired) electrons. The van der Waals surface area contributed by atoms with E-state index in [1.54, 1.807) is 30.1 Å². The second-order valence-electron chi connectivity index (χ2n) is 8.52. The van der Waals surface area contributed by atoms with Gasteiger partial charge in [0, 0.05) is 19.3 Å². The molecule has 1 saturated heterocycles. The first-order chi connectivity index (χ1) is 19.4. The van der Waals surface area contributed by atoms with E-state index in [0.29, 0.717) is 4.90 Å². The van der Waals surface area contributed by atoms with E-state index in [4.69, 9.17) is 4.79 Å². The number of piperazine rings is 1. The Morgan fingerprint density at radius 3 is 2.44 bits per heavy atom. The van der Waals surface area contributed by atoms with Crippen LogP contribution in [0.2, 0.25) is 0 Å². The van der Waals surface area contributed by atoms with Crippen LogP contribution in [0.3, 0.4) is 0 Å². The summed E-state index contributed by atoms with van der Waals surface area (Å²) in [6, 6.07) is 2.11. The number of anilines is 1. The quantitative estimate of drug-likeness (QED) is 0.189. The van der Waals surface area contributed by atoms with Crippen molar-refractivity contribution in [1.29, 1.82) is 0 Å². The van der Waals surface area contributed by atoms with Gasteiger partial charge in [0.25, 0.3) is 0 Å². The van der Waals surface area contributed by atoms with Crippen LogP contribution in [0, 0.1) is 20.8 Å². The van der Waals surface area contributed by atoms with E-state index in [-0.39, 0.29) is 26.0 Å². The number of carbonyl (C=O) groups excluding carboxylic acids is 3. The Balaban J connectivity index is 0.000000381. The maximum atomic E-state index is 12.6. The minimum atomic E-state index is -4.51. The van der Waals surface area contributed by atoms with E-state index in [2.05, 4.69) is 32.3 Å². The van der Waals surface area contributed by atoms with Crippen LogP contribution in [-0.2, 0) is 14.4 Å². The van der Waals surface area contributed by atoms with Crippen LogP contribution in [-0.4, -0.2) is 96.4 Å². The van der Waals surface area contributed by atoms with Gasteiger partial charge in [-0.15, -0.1) is 23.1 Å². The normalized spacial score (nSPS) is 15.1. The highest BCUT2D eigenvalue weighted by atomic mass is 32.2. The average molecular weight is 616 g/mol. The van der Waals surface area contributed by atoms with E-state index in [0.717, 1.165) is 49.7 Å². The van der Waals surface area contributed by atoms with Crippen molar-refractivity contribution < 1.29 is 27.6 Å². The van der Waals surface area contributed by atoms with Crippen molar-refractivity contribution in [3.8, 4) is 0 Å². The van der Waals surface area contributed by atoms with Crippen LogP contribution in [0.15, 0.2) is 28.7 Å². The summed E-state index contributed by atoms with van der Waals surface area (Å²) in [5.41, 5.74) is 3.04. The van der Waals surface area contributed by atoms with Crippen LogP contribution in [0.25, 0.3) is 5.70 Å². The standard InChI is InChI=1S/C15H18N4S2.C9H14F3N3O2.C2H4O/c1-10-5-6-14(17-7-10)18-9-20-8-13(16-4)15-11(2)19-12(3)21-15;1-13-4-8(17)14-2-3-15(6-16)7(5-14)9(10,11)12;1-2-3/h5-8H,4,9H2,1-3H3,(H,17,18);6-7,13H,2-5H2,1H3;2H,1H3/b13-8-;;. The predicted octanol–water partition coefficient (Wildman–Crippen LogP) is 3.91. The zero-order valence-corrected chi connectivity index (χ0v) is 25.3. The summed E-state index contributed by atoms with van der Waals surface area (Å²) in [6.07, 6.45) is -1.74. The minimum absolute atomic E-state index is 0.00827. The summed E-state index contributed by atoms with van der Waals surface area (Å²) in [5.74, 6) is 1.21. The van der Waals surface area contributed by atoms with Crippen LogP contribution >= 0.6 is 23.1 Å². The van der Waals surface area contributed by atoms with Crippen LogP contribution in [0.5, 0.6) is 0 Å². The molecule has 1 aliphatic heterocycles. The third-order valence-electron chi connectivity index (χ3n) is 5.37. The van der Waals surface area contributed by atoms with Crippen molar-refractivity contribution in [2.75, 3.05) is 44.4 Å². The monoisotopic (exact) mass is 615 g/mol. The maximum Gasteiger partial charge on any atom is 0.410 e. The second-order valence-corrected chi connectivity index (χ2v) is 10.6. The Morgan fingerprint density at radius 1 is 1.27 bits per heavy atom. The number of nitrogens with one attached hydrogen (secondary N) is 2. The summed E-state index contributed by atoms with van der Waals surface area (Å²) < 4.78 is 37.9. The average Bonchev–Trinajstić information content (AvgIpc) is 3.27. The summed E-state index contributed by atoms with van der Waals surface area (Å²) in [4.78, 5) is 46.5. The number of aryl methyl sites for hydroxylation is 3. The van der Waals surface area contributed by atoms with Crippen molar-refractivity contribution >= 4 is 59.9 Å². The van der Waals surface area contributed by atoms with Gasteiger partial charge in [-0.1, -0.05) is 6.07 Å². The Morgan fingerprint density at radius 2 is 1.95 bits per heavy atom. The zero-order valence-electron chi connectivity index (χ0n) is 23.7. The molecule has 0 spiro atoms. The van der Waals surface area contributed by atoms with Gasteiger partial charge in [0.1, 0.15) is 18.1 Å². The number of rotatable bonds is 9. The summed E-state index contributed by atoms with van der Waals surface area (Å²) in [6.45, 7) is 10.6. The number of nitrogens with zero attached hydrogens (tertiary/aromatic N) is 5. The molecule has 10 nitrogen and oxygen atoms in total. The largest absolute Gasteiger partial charge is 0.410 e. The number of alkyl halides is 3. The fourth-order valence-electron chi connectivity index (χ4n) is 3.44. The van der Waals surface area contributed by atoms with Gasteiger partial charge in [0.15, 0.2) is 0 Å². The first-order valence-electron chi connectivity index (χ1n) is 12.4. The van der Waals surface area contributed by atoms with Crippen molar-refractivity contribution in [1.82, 2.24) is 25.1 Å². The molecule has 1 fully saturated rings. The number of aliphatic imine (C=N–C) groups is 1. The summed E-state index contributed by atoms with van der Waals surface area (Å²) in [5, 5.41) is 8.90. The number of thioether (sulfide) groups is 1. The lowest BCUT2D eigenvalue weighted by molar-refractivity contribution is -0.197. The van der Waals surface area contributed by atoms with Gasteiger partial charge >= 0.3 is 6.18 Å². The SMILES string of the molecule is C=N/C(=C\SCNc1ccc(C)cn1)c1sc(C)nc1C.CC=O.CNCC(=O)N1CCN(C=O)C(C(F)(F)F)C1. The summed E-state index contributed by atoms with van der Waals surface area (Å²) in [7, 11) is 1.54. The molecule has 2 N–H and O–H groups in total. The first-order valence-corrected chi connectivity index (χ1v) is 14.3. The fraction of sp³-hybridized carbons (Fsp3) is 0.462.